The lowest BCUT2D eigenvalue weighted by Crippen LogP contribution is -2.51. The van der Waals surface area contributed by atoms with E-state index in [4.69, 9.17) is 4.98 Å². The first kappa shape index (κ1) is 22.3. The molecule has 0 radical (unpaired) electrons. The number of hydrogen-bond acceptors (Lipinski definition) is 4. The first-order valence-corrected chi connectivity index (χ1v) is 11.9. The molecule has 3 aliphatic rings. The molecule has 8 heteroatoms. The van der Waals surface area contributed by atoms with E-state index in [1.807, 2.05) is 12.1 Å². The molecule has 0 bridgehead atoms. The highest BCUT2D eigenvalue weighted by Crippen LogP contribution is 2.43. The van der Waals surface area contributed by atoms with Crippen molar-refractivity contribution in [2.24, 2.45) is 24.3 Å². The van der Waals surface area contributed by atoms with Crippen molar-refractivity contribution in [1.82, 2.24) is 19.0 Å². The number of aryl methyl sites for hydroxylation is 1. The molecule has 5 rings (SSSR count). The normalized spacial score (nSPS) is 29.7. The molecule has 33 heavy (non-hydrogen) atoms. The Kier molecular flexibility index (Phi) is 5.08. The summed E-state index contributed by atoms with van der Waals surface area (Å²) in [5.74, 6) is -0.0239. The van der Waals surface area contributed by atoms with Crippen LogP contribution in [0.3, 0.4) is 0 Å². The second-order valence-electron chi connectivity index (χ2n) is 11.3. The maximum atomic E-state index is 14.2. The first-order valence-electron chi connectivity index (χ1n) is 11.9. The lowest BCUT2D eigenvalue weighted by molar-refractivity contribution is -0.155. The molecule has 1 saturated heterocycles. The Labute approximate surface area is 192 Å². The molecule has 3 heterocycles. The highest BCUT2D eigenvalue weighted by molar-refractivity contribution is 5.87. The van der Waals surface area contributed by atoms with Gasteiger partial charge in [-0.3, -0.25) is 13.9 Å². The van der Waals surface area contributed by atoms with Crippen LogP contribution in [0.1, 0.15) is 52.1 Å². The average molecular weight is 457 g/mol. The number of carbonyl (C=O) groups is 1. The van der Waals surface area contributed by atoms with Gasteiger partial charge in [-0.1, -0.05) is 26.8 Å². The lowest BCUT2D eigenvalue weighted by atomic mass is 9.97. The van der Waals surface area contributed by atoms with Gasteiger partial charge >= 0.3 is 5.69 Å². The van der Waals surface area contributed by atoms with Crippen molar-refractivity contribution in [1.29, 1.82) is 0 Å². The van der Waals surface area contributed by atoms with Gasteiger partial charge in [0.25, 0.3) is 5.91 Å². The van der Waals surface area contributed by atoms with Crippen LogP contribution in [-0.2, 0) is 18.4 Å². The van der Waals surface area contributed by atoms with Gasteiger partial charge in [-0.05, 0) is 60.6 Å². The van der Waals surface area contributed by atoms with Gasteiger partial charge in [0.05, 0.1) is 11.2 Å². The van der Waals surface area contributed by atoms with E-state index in [1.165, 1.54) is 0 Å². The summed E-state index contributed by atoms with van der Waals surface area (Å²) >= 11 is 0. The van der Waals surface area contributed by atoms with Gasteiger partial charge in [-0.25, -0.2) is 14.2 Å². The number of hydrogen-bond donors (Lipinski definition) is 1. The van der Waals surface area contributed by atoms with E-state index in [9.17, 15) is 19.1 Å². The Morgan fingerprint density at radius 2 is 2.06 bits per heavy atom. The Morgan fingerprint density at radius 3 is 2.70 bits per heavy atom. The number of fused-ring (bicyclic) bond motifs is 2. The second-order valence-corrected chi connectivity index (χ2v) is 11.3. The van der Waals surface area contributed by atoms with Crippen LogP contribution in [0.5, 0.6) is 0 Å². The van der Waals surface area contributed by atoms with E-state index in [-0.39, 0.29) is 35.8 Å². The third-order valence-electron chi connectivity index (χ3n) is 7.52. The van der Waals surface area contributed by atoms with Gasteiger partial charge < -0.3 is 10.0 Å². The van der Waals surface area contributed by atoms with Crippen molar-refractivity contribution in [3.63, 3.8) is 0 Å². The van der Waals surface area contributed by atoms with E-state index in [0.717, 1.165) is 23.2 Å². The molecular formula is C25H33FN4O3. The number of likely N-dealkylation sites (tertiary alicyclic amines) is 1. The molecule has 1 saturated carbocycles. The predicted molar refractivity (Wildman–Crippen MR) is 124 cm³/mol. The SMILES string of the molecule is Cn1c(=O)n(CC(C)(C)C)c2ccc(C3=CC4CN(C(=O)C5(O)CCCC5F)CC4C3)nc21. The van der Waals surface area contributed by atoms with Crippen molar-refractivity contribution in [2.75, 3.05) is 13.1 Å². The number of alkyl halides is 1. The molecule has 1 N–H and O–H groups in total. The fraction of sp³-hybridized carbons (Fsp3) is 0.640. The summed E-state index contributed by atoms with van der Waals surface area (Å²) < 4.78 is 17.6. The number of halogens is 1. The zero-order valence-electron chi connectivity index (χ0n) is 19.8. The Balaban J connectivity index is 1.37. The fourth-order valence-corrected chi connectivity index (χ4v) is 5.81. The number of aromatic nitrogens is 3. The monoisotopic (exact) mass is 456 g/mol. The van der Waals surface area contributed by atoms with E-state index in [0.29, 0.717) is 31.7 Å². The Hall–Kier alpha value is -2.48. The van der Waals surface area contributed by atoms with Crippen LogP contribution in [0, 0.1) is 17.3 Å². The number of imidazole rings is 1. The Bertz CT molecular complexity index is 1210. The van der Waals surface area contributed by atoms with Gasteiger partial charge in [0.15, 0.2) is 11.2 Å². The second kappa shape index (κ2) is 7.52. The maximum absolute atomic E-state index is 14.2. The molecule has 4 atom stereocenters. The number of rotatable bonds is 3. The standard InChI is InChI=1S/C25H33FN4O3/c1-24(2,3)14-30-19-8-7-18(27-21(19)28(4)23(30)32)15-10-16-12-29(13-17(16)11-15)22(31)25(33)9-5-6-20(25)26/h7-8,10,16-17,20,33H,5-6,9,11-14H2,1-4H3. The highest BCUT2D eigenvalue weighted by atomic mass is 19.1. The number of amides is 1. The quantitative estimate of drug-likeness (QED) is 0.770. The summed E-state index contributed by atoms with van der Waals surface area (Å²) in [6, 6.07) is 3.96. The largest absolute Gasteiger partial charge is 0.377 e. The highest BCUT2D eigenvalue weighted by Gasteiger charge is 2.52. The molecule has 178 valence electrons. The van der Waals surface area contributed by atoms with Crippen molar-refractivity contribution >= 4 is 22.6 Å². The molecular weight excluding hydrogens is 423 g/mol. The maximum Gasteiger partial charge on any atom is 0.330 e. The summed E-state index contributed by atoms with van der Waals surface area (Å²) in [6.07, 6.45) is 2.48. The van der Waals surface area contributed by atoms with Crippen LogP contribution >= 0.6 is 0 Å². The average Bonchev–Trinajstić information content (AvgIpc) is 3.47. The third kappa shape index (κ3) is 3.63. The molecule has 1 amide bonds. The lowest BCUT2D eigenvalue weighted by Gasteiger charge is -2.29. The van der Waals surface area contributed by atoms with E-state index in [1.54, 1.807) is 21.1 Å². The molecule has 2 aromatic rings. The van der Waals surface area contributed by atoms with E-state index >= 15 is 0 Å². The number of aliphatic hydroxyl groups is 1. The van der Waals surface area contributed by atoms with E-state index < -0.39 is 17.7 Å². The van der Waals surface area contributed by atoms with Crippen molar-refractivity contribution in [2.45, 2.75) is 64.8 Å². The van der Waals surface area contributed by atoms with Gasteiger partial charge in [0, 0.05) is 26.7 Å². The third-order valence-corrected chi connectivity index (χ3v) is 7.52. The molecule has 1 aliphatic heterocycles. The summed E-state index contributed by atoms with van der Waals surface area (Å²) in [5, 5.41) is 10.6. The summed E-state index contributed by atoms with van der Waals surface area (Å²) in [4.78, 5) is 32.1. The number of allylic oxidation sites excluding steroid dienone is 1. The van der Waals surface area contributed by atoms with Crippen LogP contribution < -0.4 is 5.69 Å². The number of carbonyl (C=O) groups excluding carboxylic acids is 1. The van der Waals surface area contributed by atoms with Crippen LogP contribution in [0.15, 0.2) is 23.0 Å². The molecule has 0 spiro atoms. The zero-order valence-corrected chi connectivity index (χ0v) is 19.8. The van der Waals surface area contributed by atoms with Crippen molar-refractivity contribution < 1.29 is 14.3 Å². The van der Waals surface area contributed by atoms with Gasteiger partial charge in [0.1, 0.15) is 6.17 Å². The Morgan fingerprint density at radius 1 is 1.30 bits per heavy atom. The van der Waals surface area contributed by atoms with Crippen LogP contribution in [0.4, 0.5) is 4.39 Å². The van der Waals surface area contributed by atoms with Gasteiger partial charge in [-0.15, -0.1) is 0 Å². The first-order chi connectivity index (χ1) is 15.5. The predicted octanol–water partition coefficient (Wildman–Crippen LogP) is 2.90. The molecule has 7 nitrogen and oxygen atoms in total. The molecule has 2 aromatic heterocycles. The number of nitrogens with zero attached hydrogens (tertiary/aromatic N) is 4. The zero-order chi connectivity index (χ0) is 23.7. The molecule has 2 aliphatic carbocycles. The summed E-state index contributed by atoms with van der Waals surface area (Å²) in [7, 11) is 1.76. The molecule has 0 aromatic carbocycles. The van der Waals surface area contributed by atoms with Crippen molar-refractivity contribution in [3.8, 4) is 0 Å². The van der Waals surface area contributed by atoms with Gasteiger partial charge in [0.2, 0.25) is 0 Å². The minimum Gasteiger partial charge on any atom is -0.377 e. The molecule has 4 unspecified atom stereocenters. The minimum atomic E-state index is -1.84. The van der Waals surface area contributed by atoms with Crippen LogP contribution in [-0.4, -0.2) is 54.9 Å². The smallest absolute Gasteiger partial charge is 0.330 e. The minimum absolute atomic E-state index is 0.0284. The fourth-order valence-electron chi connectivity index (χ4n) is 5.81. The molecule has 2 fully saturated rings. The van der Waals surface area contributed by atoms with Crippen LogP contribution in [0.2, 0.25) is 0 Å². The van der Waals surface area contributed by atoms with Crippen molar-refractivity contribution in [3.05, 3.63) is 34.4 Å². The van der Waals surface area contributed by atoms with E-state index in [2.05, 4.69) is 26.8 Å². The van der Waals surface area contributed by atoms with Gasteiger partial charge in [-0.2, -0.15) is 0 Å². The topological polar surface area (TPSA) is 80.4 Å². The van der Waals surface area contributed by atoms with Crippen LogP contribution in [0.25, 0.3) is 16.7 Å². The summed E-state index contributed by atoms with van der Waals surface area (Å²) in [5.41, 5.74) is 1.56. The summed E-state index contributed by atoms with van der Waals surface area (Å²) in [6.45, 7) is 7.97. The number of pyridine rings is 1.